The van der Waals surface area contributed by atoms with Gasteiger partial charge in [0.25, 0.3) is 5.91 Å². The molecule has 1 aliphatic heterocycles. The van der Waals surface area contributed by atoms with Crippen molar-refractivity contribution in [1.29, 1.82) is 0 Å². The van der Waals surface area contributed by atoms with Gasteiger partial charge in [-0.2, -0.15) is 0 Å². The first-order valence-corrected chi connectivity index (χ1v) is 7.20. The molecule has 1 fully saturated rings. The van der Waals surface area contributed by atoms with E-state index in [4.69, 9.17) is 0 Å². The largest absolute Gasteiger partial charge is 0.366 e. The first-order chi connectivity index (χ1) is 9.99. The fraction of sp³-hybridized carbons (Fsp3) is 0.533. The summed E-state index contributed by atoms with van der Waals surface area (Å²) in [5.41, 5.74) is 0.401. The quantitative estimate of drug-likeness (QED) is 0.859. The highest BCUT2D eigenvalue weighted by atomic mass is 16.2. The van der Waals surface area contributed by atoms with E-state index >= 15 is 0 Å². The van der Waals surface area contributed by atoms with E-state index in [1.165, 1.54) is 6.20 Å². The average molecular weight is 291 g/mol. The van der Waals surface area contributed by atoms with Crippen LogP contribution in [0.5, 0.6) is 0 Å². The highest BCUT2D eigenvalue weighted by Gasteiger charge is 2.22. The van der Waals surface area contributed by atoms with Gasteiger partial charge in [-0.25, -0.2) is 0 Å². The molecule has 6 nitrogen and oxygen atoms in total. The number of aryl methyl sites for hydroxylation is 1. The van der Waals surface area contributed by atoms with Crippen LogP contribution in [0.1, 0.15) is 35.7 Å². The Labute approximate surface area is 123 Å². The van der Waals surface area contributed by atoms with Crippen molar-refractivity contribution in [1.82, 2.24) is 15.2 Å². The van der Waals surface area contributed by atoms with E-state index in [-0.39, 0.29) is 28.7 Å². The lowest BCUT2D eigenvalue weighted by atomic mass is 9.98. The fourth-order valence-electron chi connectivity index (χ4n) is 2.61. The number of nitrogens with zero attached hydrogens (tertiary/aromatic N) is 1. The Morgan fingerprint density at radius 3 is 2.90 bits per heavy atom. The van der Waals surface area contributed by atoms with Crippen molar-refractivity contribution in [2.75, 3.05) is 19.6 Å². The van der Waals surface area contributed by atoms with Crippen LogP contribution in [0.2, 0.25) is 0 Å². The molecule has 1 aromatic rings. The van der Waals surface area contributed by atoms with E-state index < -0.39 is 0 Å². The second-order valence-electron chi connectivity index (χ2n) is 5.56. The number of hydrogen-bond donors (Lipinski definition) is 2. The van der Waals surface area contributed by atoms with E-state index in [2.05, 4.69) is 10.3 Å². The third-order valence-electron chi connectivity index (χ3n) is 3.89. The van der Waals surface area contributed by atoms with E-state index in [9.17, 15) is 14.4 Å². The molecule has 114 valence electrons. The Hall–Kier alpha value is -2.11. The number of aromatic nitrogens is 1. The normalized spacial score (nSPS) is 18.4. The Balaban J connectivity index is 1.93. The SMILES string of the molecule is CC(=O)N1CCCC(CNC(=O)c2c[nH]cc(C)c2=O)C1. The van der Waals surface area contributed by atoms with Gasteiger partial charge in [0.15, 0.2) is 5.43 Å². The first-order valence-electron chi connectivity index (χ1n) is 7.20. The maximum Gasteiger partial charge on any atom is 0.256 e. The van der Waals surface area contributed by atoms with Gasteiger partial charge in [0.1, 0.15) is 5.56 Å². The molecule has 2 heterocycles. The number of amides is 2. The molecule has 21 heavy (non-hydrogen) atoms. The zero-order valence-electron chi connectivity index (χ0n) is 12.4. The molecule has 0 saturated carbocycles. The summed E-state index contributed by atoms with van der Waals surface area (Å²) >= 11 is 0. The van der Waals surface area contributed by atoms with Crippen LogP contribution >= 0.6 is 0 Å². The van der Waals surface area contributed by atoms with Gasteiger partial charge < -0.3 is 15.2 Å². The van der Waals surface area contributed by atoms with Crippen LogP contribution in [-0.4, -0.2) is 41.3 Å². The standard InChI is InChI=1S/C15H21N3O3/c1-10-6-16-8-13(14(10)20)15(21)17-7-12-4-3-5-18(9-12)11(2)19/h6,8,12H,3-5,7,9H2,1-2H3,(H,16,20)(H,17,21). The van der Waals surface area contributed by atoms with Gasteiger partial charge in [-0.05, 0) is 25.7 Å². The number of nitrogens with one attached hydrogen (secondary N) is 2. The zero-order chi connectivity index (χ0) is 15.4. The predicted octanol–water partition coefficient (Wildman–Crippen LogP) is 0.672. The second-order valence-corrected chi connectivity index (χ2v) is 5.56. The van der Waals surface area contributed by atoms with Crippen LogP contribution in [0.4, 0.5) is 0 Å². The van der Waals surface area contributed by atoms with Crippen molar-refractivity contribution < 1.29 is 9.59 Å². The van der Waals surface area contributed by atoms with Gasteiger partial charge in [-0.1, -0.05) is 0 Å². The Bertz CT molecular complexity index is 594. The van der Waals surface area contributed by atoms with Crippen LogP contribution in [0.3, 0.4) is 0 Å². The number of carbonyl (C=O) groups is 2. The average Bonchev–Trinajstić information content (AvgIpc) is 2.48. The van der Waals surface area contributed by atoms with Crippen LogP contribution < -0.4 is 10.7 Å². The van der Waals surface area contributed by atoms with Gasteiger partial charge in [0, 0.05) is 44.5 Å². The zero-order valence-corrected chi connectivity index (χ0v) is 12.4. The highest BCUT2D eigenvalue weighted by Crippen LogP contribution is 2.15. The molecule has 0 spiro atoms. The summed E-state index contributed by atoms with van der Waals surface area (Å²) in [5, 5.41) is 2.80. The number of rotatable bonds is 3. The van der Waals surface area contributed by atoms with Gasteiger partial charge in [0.05, 0.1) is 0 Å². The number of carbonyl (C=O) groups excluding carboxylic acids is 2. The molecule has 1 atom stereocenters. The van der Waals surface area contributed by atoms with Crippen molar-refractivity contribution >= 4 is 11.8 Å². The van der Waals surface area contributed by atoms with Crippen LogP contribution in [0.25, 0.3) is 0 Å². The molecule has 0 bridgehead atoms. The molecule has 1 aliphatic rings. The number of pyridine rings is 1. The lowest BCUT2D eigenvalue weighted by Crippen LogP contribution is -2.43. The van der Waals surface area contributed by atoms with Crippen molar-refractivity contribution in [3.05, 3.63) is 33.7 Å². The van der Waals surface area contributed by atoms with Gasteiger partial charge >= 0.3 is 0 Å². The molecule has 0 aliphatic carbocycles. The molecule has 1 saturated heterocycles. The number of likely N-dealkylation sites (tertiary alicyclic amines) is 1. The summed E-state index contributed by atoms with van der Waals surface area (Å²) < 4.78 is 0. The monoisotopic (exact) mass is 291 g/mol. The smallest absolute Gasteiger partial charge is 0.256 e. The van der Waals surface area contributed by atoms with Gasteiger partial charge in [0.2, 0.25) is 5.91 Å². The van der Waals surface area contributed by atoms with Gasteiger partial charge in [-0.3, -0.25) is 14.4 Å². The summed E-state index contributed by atoms with van der Waals surface area (Å²) in [6, 6.07) is 0. The number of piperidine rings is 1. The molecule has 0 radical (unpaired) electrons. The second kappa shape index (κ2) is 6.56. The minimum absolute atomic E-state index is 0.0705. The maximum absolute atomic E-state index is 12.1. The van der Waals surface area contributed by atoms with Crippen LogP contribution in [0, 0.1) is 12.8 Å². The topological polar surface area (TPSA) is 82.3 Å². The van der Waals surface area contributed by atoms with Crippen molar-refractivity contribution in [2.24, 2.45) is 5.92 Å². The summed E-state index contributed by atoms with van der Waals surface area (Å²) in [6.45, 7) is 5.17. The number of aromatic amines is 1. The first kappa shape index (κ1) is 15.3. The summed E-state index contributed by atoms with van der Waals surface area (Å²) in [6.07, 6.45) is 4.93. The molecule has 2 N–H and O–H groups in total. The third-order valence-corrected chi connectivity index (χ3v) is 3.89. The van der Waals surface area contributed by atoms with E-state index in [1.54, 1.807) is 24.9 Å². The molecule has 1 unspecified atom stereocenters. The van der Waals surface area contributed by atoms with Gasteiger partial charge in [-0.15, -0.1) is 0 Å². The van der Waals surface area contributed by atoms with E-state index in [0.717, 1.165) is 19.4 Å². The number of H-pyrrole nitrogens is 1. The maximum atomic E-state index is 12.1. The van der Waals surface area contributed by atoms with Crippen LogP contribution in [0.15, 0.2) is 17.2 Å². The Morgan fingerprint density at radius 1 is 1.43 bits per heavy atom. The molecule has 2 amide bonds. The summed E-state index contributed by atoms with van der Waals surface area (Å²) in [7, 11) is 0. The number of hydrogen-bond acceptors (Lipinski definition) is 3. The molecule has 6 heteroatoms. The Kier molecular flexibility index (Phi) is 4.77. The summed E-state index contributed by atoms with van der Waals surface area (Å²) in [4.78, 5) is 39.9. The van der Waals surface area contributed by atoms with Crippen molar-refractivity contribution in [3.63, 3.8) is 0 Å². The fourth-order valence-corrected chi connectivity index (χ4v) is 2.61. The van der Waals surface area contributed by atoms with Crippen molar-refractivity contribution in [3.8, 4) is 0 Å². The third kappa shape index (κ3) is 3.71. The highest BCUT2D eigenvalue weighted by molar-refractivity contribution is 5.93. The molecular weight excluding hydrogens is 270 g/mol. The molecule has 2 rings (SSSR count). The molecular formula is C15H21N3O3. The minimum Gasteiger partial charge on any atom is -0.366 e. The summed E-state index contributed by atoms with van der Waals surface area (Å²) in [5.74, 6) is -0.0449. The van der Waals surface area contributed by atoms with E-state index in [0.29, 0.717) is 18.7 Å². The molecule has 1 aromatic heterocycles. The Morgan fingerprint density at radius 2 is 2.19 bits per heavy atom. The lowest BCUT2D eigenvalue weighted by Gasteiger charge is -2.32. The van der Waals surface area contributed by atoms with E-state index in [1.807, 2.05) is 0 Å². The van der Waals surface area contributed by atoms with Crippen LogP contribution in [-0.2, 0) is 4.79 Å². The molecule has 0 aromatic carbocycles. The minimum atomic E-state index is -0.361. The predicted molar refractivity (Wildman–Crippen MR) is 79.1 cm³/mol. The van der Waals surface area contributed by atoms with Crippen molar-refractivity contribution in [2.45, 2.75) is 26.7 Å². The lowest BCUT2D eigenvalue weighted by molar-refractivity contribution is -0.130.